The minimum absolute atomic E-state index is 0.0962. The fraction of sp³-hybridized carbons (Fsp3) is 0.500. The lowest BCUT2D eigenvalue weighted by molar-refractivity contribution is -0.152. The quantitative estimate of drug-likeness (QED) is 0.412. The number of phenolic OH excluding ortho intramolecular Hbond substituents is 1. The molecule has 0 unspecified atom stereocenters. The van der Waals surface area contributed by atoms with E-state index in [0.717, 1.165) is 29.8 Å². The van der Waals surface area contributed by atoms with Gasteiger partial charge in [-0.15, -0.1) is 0 Å². The number of benzene rings is 1. The van der Waals surface area contributed by atoms with E-state index in [1.807, 2.05) is 6.07 Å². The van der Waals surface area contributed by atoms with E-state index in [1.165, 1.54) is 12.8 Å². The van der Waals surface area contributed by atoms with Gasteiger partial charge in [0.2, 0.25) is 5.91 Å². The number of aliphatic hydroxyl groups is 1. The van der Waals surface area contributed by atoms with Crippen LogP contribution in [0.4, 0.5) is 0 Å². The second-order valence-electron chi connectivity index (χ2n) is 10.8. The van der Waals surface area contributed by atoms with Gasteiger partial charge in [-0.2, -0.15) is 0 Å². The summed E-state index contributed by atoms with van der Waals surface area (Å²) >= 11 is 0. The van der Waals surface area contributed by atoms with Crippen molar-refractivity contribution in [3.8, 4) is 5.75 Å². The molecule has 2 fully saturated rings. The zero-order valence-electron chi connectivity index (χ0n) is 19.5. The topological polar surface area (TPSA) is 149 Å². The van der Waals surface area contributed by atoms with Gasteiger partial charge in [-0.1, -0.05) is 6.07 Å². The highest BCUT2D eigenvalue weighted by Crippen LogP contribution is 2.57. The van der Waals surface area contributed by atoms with Crippen molar-refractivity contribution in [2.75, 3.05) is 19.6 Å². The summed E-state index contributed by atoms with van der Waals surface area (Å²) in [4.78, 5) is 41.8. The van der Waals surface area contributed by atoms with Gasteiger partial charge in [0.05, 0.1) is 12.1 Å². The zero-order valence-corrected chi connectivity index (χ0v) is 19.5. The number of hydrogen-bond donors (Lipinski definition) is 5. The van der Waals surface area contributed by atoms with Crippen LogP contribution in [0.25, 0.3) is 0 Å². The van der Waals surface area contributed by atoms with Gasteiger partial charge in [-0.3, -0.25) is 19.3 Å². The molecule has 2 aromatic rings. The van der Waals surface area contributed by atoms with Gasteiger partial charge in [0.25, 0.3) is 11.5 Å². The van der Waals surface area contributed by atoms with Crippen LogP contribution in [0.15, 0.2) is 29.1 Å². The molecule has 1 aromatic carbocycles. The molecule has 0 spiro atoms. The number of pyridine rings is 1. The second-order valence-corrected chi connectivity index (χ2v) is 10.8. The molecule has 35 heavy (non-hydrogen) atoms. The number of nitrogens with one attached hydrogen (secondary N) is 2. The number of phenols is 1. The molecule has 1 saturated carbocycles. The maximum atomic E-state index is 12.8. The first kappa shape index (κ1) is 22.3. The molecule has 1 saturated heterocycles. The smallest absolute Gasteiger partial charge is 0.261 e. The molecule has 3 aliphatic carbocycles. The standard InChI is InChI=1S/C26H30N4O5/c27-22(32)12-28-23(33)18-7-16-10-26(35)21-8-15-3-4-17(31)9-19(15)25(26,11-20(16)29-24(18)34)5-6-30(21)13-14-1-2-14/h3-4,7,9,14,21,31,35H,1-2,5-6,8,10-13H2,(H2,27,32)(H,28,33)(H,29,34)/t21-,25-,26-/m1/s1. The molecule has 184 valence electrons. The fourth-order valence-electron chi connectivity index (χ4n) is 6.81. The zero-order chi connectivity index (χ0) is 24.5. The van der Waals surface area contributed by atoms with E-state index >= 15 is 0 Å². The van der Waals surface area contributed by atoms with E-state index in [9.17, 15) is 24.6 Å². The number of carbonyl (C=O) groups is 2. The highest BCUT2D eigenvalue weighted by molar-refractivity contribution is 5.96. The number of likely N-dealkylation sites (tertiary alicyclic amines) is 1. The average Bonchev–Trinajstić information content (AvgIpc) is 3.62. The van der Waals surface area contributed by atoms with Gasteiger partial charge in [0, 0.05) is 36.5 Å². The number of rotatable bonds is 5. The summed E-state index contributed by atoms with van der Waals surface area (Å²) in [6.45, 7) is 1.46. The number of aromatic amines is 1. The number of carbonyl (C=O) groups excluding carboxylic acids is 2. The van der Waals surface area contributed by atoms with Crippen LogP contribution in [0.5, 0.6) is 5.75 Å². The summed E-state index contributed by atoms with van der Waals surface area (Å²) < 4.78 is 0. The molecule has 3 atom stereocenters. The van der Waals surface area contributed by atoms with Gasteiger partial charge < -0.3 is 26.2 Å². The molecule has 1 aliphatic heterocycles. The van der Waals surface area contributed by atoms with Crippen LogP contribution in [-0.4, -0.2) is 63.2 Å². The molecule has 2 heterocycles. The average molecular weight is 479 g/mol. The van der Waals surface area contributed by atoms with Crippen molar-refractivity contribution >= 4 is 11.8 Å². The van der Waals surface area contributed by atoms with Crippen LogP contribution >= 0.6 is 0 Å². The number of H-pyrrole nitrogens is 1. The number of amides is 2. The Morgan fingerprint density at radius 1 is 1.20 bits per heavy atom. The highest BCUT2D eigenvalue weighted by atomic mass is 16.3. The Balaban J connectivity index is 1.45. The predicted octanol–water partition coefficient (Wildman–Crippen LogP) is 0.104. The minimum atomic E-state index is -1.12. The van der Waals surface area contributed by atoms with E-state index in [4.69, 9.17) is 5.73 Å². The van der Waals surface area contributed by atoms with Crippen molar-refractivity contribution < 1.29 is 19.8 Å². The summed E-state index contributed by atoms with van der Waals surface area (Å²) in [6, 6.07) is 6.90. The molecule has 4 aliphatic rings. The van der Waals surface area contributed by atoms with Crippen LogP contribution in [0.1, 0.15) is 52.0 Å². The van der Waals surface area contributed by atoms with E-state index in [2.05, 4.69) is 15.2 Å². The Labute approximate surface area is 202 Å². The lowest BCUT2D eigenvalue weighted by Gasteiger charge is -2.63. The van der Waals surface area contributed by atoms with Crippen molar-refractivity contribution in [1.82, 2.24) is 15.2 Å². The number of primary amides is 1. The summed E-state index contributed by atoms with van der Waals surface area (Å²) in [6.07, 6.45) is 4.56. The van der Waals surface area contributed by atoms with Gasteiger partial charge in [0.1, 0.15) is 11.3 Å². The number of aromatic nitrogens is 1. The van der Waals surface area contributed by atoms with Gasteiger partial charge in [-0.25, -0.2) is 0 Å². The van der Waals surface area contributed by atoms with Gasteiger partial charge in [-0.05, 0) is 73.0 Å². The number of aromatic hydroxyl groups is 1. The maximum Gasteiger partial charge on any atom is 0.261 e. The summed E-state index contributed by atoms with van der Waals surface area (Å²) in [5.41, 5.74) is 6.24. The molecule has 6 N–H and O–H groups in total. The third kappa shape index (κ3) is 3.40. The Kier molecular flexibility index (Phi) is 4.88. The first-order chi connectivity index (χ1) is 16.7. The number of fused-ring (bicyclic) bond motifs is 2. The summed E-state index contributed by atoms with van der Waals surface area (Å²) in [7, 11) is 0. The van der Waals surface area contributed by atoms with Gasteiger partial charge in [0.15, 0.2) is 0 Å². The molecular weight excluding hydrogens is 448 g/mol. The molecule has 2 amide bonds. The van der Waals surface area contributed by atoms with E-state index in [1.54, 1.807) is 18.2 Å². The SMILES string of the molecule is NC(=O)CNC(=O)c1cc2c([nH]c1=O)C[C@]13CCN(CC4CC4)[C@H](Cc4ccc(O)cc41)[C@]3(O)C2. The van der Waals surface area contributed by atoms with E-state index < -0.39 is 28.4 Å². The van der Waals surface area contributed by atoms with Crippen molar-refractivity contribution in [2.24, 2.45) is 11.7 Å². The van der Waals surface area contributed by atoms with Crippen molar-refractivity contribution in [3.63, 3.8) is 0 Å². The Morgan fingerprint density at radius 2 is 2.00 bits per heavy atom. The van der Waals surface area contributed by atoms with Crippen molar-refractivity contribution in [3.05, 3.63) is 62.6 Å². The van der Waals surface area contributed by atoms with Crippen LogP contribution in [0, 0.1) is 5.92 Å². The molecule has 1 aromatic heterocycles. The monoisotopic (exact) mass is 478 g/mol. The largest absolute Gasteiger partial charge is 0.508 e. The molecule has 9 nitrogen and oxygen atoms in total. The second kappa shape index (κ2) is 7.66. The minimum Gasteiger partial charge on any atom is -0.508 e. The molecule has 2 bridgehead atoms. The van der Waals surface area contributed by atoms with E-state index in [0.29, 0.717) is 30.9 Å². The Bertz CT molecular complexity index is 1300. The van der Waals surface area contributed by atoms with Crippen molar-refractivity contribution in [1.29, 1.82) is 0 Å². The molecule has 0 radical (unpaired) electrons. The lowest BCUT2D eigenvalue weighted by atomic mass is 9.49. The predicted molar refractivity (Wildman–Crippen MR) is 127 cm³/mol. The summed E-state index contributed by atoms with van der Waals surface area (Å²) in [5, 5.41) is 25.3. The van der Waals surface area contributed by atoms with E-state index in [-0.39, 0.29) is 30.3 Å². The van der Waals surface area contributed by atoms with Crippen molar-refractivity contribution in [2.45, 2.75) is 55.6 Å². The lowest BCUT2D eigenvalue weighted by Crippen LogP contribution is -2.74. The van der Waals surface area contributed by atoms with Gasteiger partial charge >= 0.3 is 0 Å². The molecule has 6 rings (SSSR count). The highest BCUT2D eigenvalue weighted by Gasteiger charge is 2.64. The third-order valence-electron chi connectivity index (χ3n) is 8.68. The third-order valence-corrected chi connectivity index (χ3v) is 8.68. The van der Waals surface area contributed by atoms with Crippen LogP contribution in [0.2, 0.25) is 0 Å². The molecular formula is C26H30N4O5. The Morgan fingerprint density at radius 3 is 2.74 bits per heavy atom. The van der Waals surface area contributed by atoms with Crippen LogP contribution in [-0.2, 0) is 29.5 Å². The normalized spacial score (nSPS) is 29.0. The fourth-order valence-corrected chi connectivity index (χ4v) is 6.81. The van der Waals surface area contributed by atoms with Crippen LogP contribution in [0.3, 0.4) is 0 Å². The van der Waals surface area contributed by atoms with Crippen LogP contribution < -0.4 is 16.6 Å². The number of hydrogen-bond acceptors (Lipinski definition) is 6. The maximum absolute atomic E-state index is 12.8. The summed E-state index contributed by atoms with van der Waals surface area (Å²) in [5.74, 6) is -0.522. The number of nitrogens with two attached hydrogens (primary N) is 1. The number of nitrogens with zero attached hydrogens (tertiary/aromatic N) is 1. The molecule has 9 heteroatoms. The Hall–Kier alpha value is -3.17. The first-order valence-electron chi connectivity index (χ1n) is 12.3. The first-order valence-corrected chi connectivity index (χ1v) is 12.3. The number of piperidine rings is 1.